The van der Waals surface area contributed by atoms with Gasteiger partial charge in [0.1, 0.15) is 0 Å². The second-order valence-corrected chi connectivity index (χ2v) is 5.20. The predicted molar refractivity (Wildman–Crippen MR) is 62.2 cm³/mol. The van der Waals surface area contributed by atoms with Crippen molar-refractivity contribution in [3.8, 4) is 0 Å². The van der Waals surface area contributed by atoms with E-state index in [2.05, 4.69) is 0 Å². The van der Waals surface area contributed by atoms with Crippen molar-refractivity contribution in [1.82, 2.24) is 0 Å². The van der Waals surface area contributed by atoms with Gasteiger partial charge in [-0.15, -0.1) is 0 Å². The van der Waals surface area contributed by atoms with Crippen molar-refractivity contribution >= 4 is 11.8 Å². The molecule has 1 heterocycles. The molecule has 17 heavy (non-hydrogen) atoms. The lowest BCUT2D eigenvalue weighted by Crippen LogP contribution is -2.42. The Morgan fingerprint density at radius 1 is 1.35 bits per heavy atom. The molecule has 2 aliphatic carbocycles. The topological polar surface area (TPSA) is 43.4 Å². The van der Waals surface area contributed by atoms with Crippen LogP contribution in [0.3, 0.4) is 0 Å². The van der Waals surface area contributed by atoms with Crippen LogP contribution in [-0.4, -0.2) is 18.4 Å². The summed E-state index contributed by atoms with van der Waals surface area (Å²) < 4.78 is 5.18. The highest BCUT2D eigenvalue weighted by Crippen LogP contribution is 2.52. The summed E-state index contributed by atoms with van der Waals surface area (Å²) in [6.07, 6.45) is 7.02. The van der Waals surface area contributed by atoms with Crippen LogP contribution < -0.4 is 0 Å². The van der Waals surface area contributed by atoms with Gasteiger partial charge in [-0.2, -0.15) is 0 Å². The fourth-order valence-corrected chi connectivity index (χ4v) is 3.53. The summed E-state index contributed by atoms with van der Waals surface area (Å²) in [5, 5.41) is 0. The Morgan fingerprint density at radius 3 is 2.88 bits per heavy atom. The Balaban J connectivity index is 2.11. The van der Waals surface area contributed by atoms with Gasteiger partial charge in [-0.05, 0) is 25.3 Å². The van der Waals surface area contributed by atoms with Gasteiger partial charge >= 0.3 is 5.97 Å². The smallest absolute Gasteiger partial charge is 0.316 e. The van der Waals surface area contributed by atoms with E-state index >= 15 is 0 Å². The molecule has 1 saturated heterocycles. The van der Waals surface area contributed by atoms with Crippen molar-refractivity contribution in [2.45, 2.75) is 32.6 Å². The van der Waals surface area contributed by atoms with E-state index in [4.69, 9.17) is 4.74 Å². The number of fused-ring (bicyclic) bond motifs is 2. The quantitative estimate of drug-likeness (QED) is 0.601. The minimum atomic E-state index is -0.528. The first-order chi connectivity index (χ1) is 8.16. The van der Waals surface area contributed by atoms with Gasteiger partial charge in [0.2, 0.25) is 0 Å². The van der Waals surface area contributed by atoms with E-state index in [1.807, 2.05) is 19.1 Å². The number of carbonyl (C=O) groups excluding carboxylic acids is 2. The molecular formula is C14H16O3. The number of ketones is 1. The van der Waals surface area contributed by atoms with Crippen molar-refractivity contribution in [1.29, 1.82) is 0 Å². The van der Waals surface area contributed by atoms with E-state index in [1.165, 1.54) is 0 Å². The average molecular weight is 232 g/mol. The van der Waals surface area contributed by atoms with Gasteiger partial charge in [0, 0.05) is 18.8 Å². The van der Waals surface area contributed by atoms with Gasteiger partial charge in [-0.25, -0.2) is 0 Å². The summed E-state index contributed by atoms with van der Waals surface area (Å²) in [6.45, 7) is 2.47. The maximum absolute atomic E-state index is 12.1. The second kappa shape index (κ2) is 3.56. The normalized spacial score (nSPS) is 36.4. The maximum Gasteiger partial charge on any atom is 0.316 e. The van der Waals surface area contributed by atoms with Crippen molar-refractivity contribution in [3.63, 3.8) is 0 Å². The van der Waals surface area contributed by atoms with E-state index in [0.29, 0.717) is 13.0 Å². The Bertz CT molecular complexity index is 458. The zero-order valence-electron chi connectivity index (χ0n) is 9.99. The number of carbonyl (C=O) groups is 2. The number of esters is 1. The standard InChI is InChI=1S/C14H16O3/c1-9-5-6-10-11(3-2-4-12(10)15)14(9)7-8-17-13(14)16/h5-6,11H,2-4,7-8H2,1H3/t11-,14-/m0/s1. The lowest BCUT2D eigenvalue weighted by molar-refractivity contribution is -0.146. The van der Waals surface area contributed by atoms with Crippen LogP contribution >= 0.6 is 0 Å². The highest BCUT2D eigenvalue weighted by molar-refractivity contribution is 5.99. The van der Waals surface area contributed by atoms with Crippen molar-refractivity contribution in [3.05, 3.63) is 23.3 Å². The first kappa shape index (κ1) is 10.8. The molecule has 0 unspecified atom stereocenters. The third kappa shape index (κ3) is 1.28. The third-order valence-corrected chi connectivity index (χ3v) is 4.50. The zero-order chi connectivity index (χ0) is 12.0. The Morgan fingerprint density at radius 2 is 2.18 bits per heavy atom. The van der Waals surface area contributed by atoms with Crippen LogP contribution in [0.15, 0.2) is 23.3 Å². The van der Waals surface area contributed by atoms with Crippen LogP contribution in [0.25, 0.3) is 0 Å². The van der Waals surface area contributed by atoms with E-state index in [-0.39, 0.29) is 17.7 Å². The van der Waals surface area contributed by atoms with Crippen LogP contribution in [0.4, 0.5) is 0 Å². The summed E-state index contributed by atoms with van der Waals surface area (Å²) in [5.41, 5.74) is 1.38. The van der Waals surface area contributed by atoms with Crippen LogP contribution in [0.5, 0.6) is 0 Å². The van der Waals surface area contributed by atoms with Gasteiger partial charge in [0.15, 0.2) is 5.78 Å². The molecule has 1 aliphatic heterocycles. The lowest BCUT2D eigenvalue weighted by atomic mass is 9.60. The average Bonchev–Trinajstić information content (AvgIpc) is 2.68. The summed E-state index contributed by atoms with van der Waals surface area (Å²) in [4.78, 5) is 24.1. The van der Waals surface area contributed by atoms with Crippen molar-refractivity contribution in [2.75, 3.05) is 6.61 Å². The highest BCUT2D eigenvalue weighted by atomic mass is 16.5. The van der Waals surface area contributed by atoms with Gasteiger partial charge in [-0.1, -0.05) is 17.7 Å². The fourth-order valence-electron chi connectivity index (χ4n) is 3.53. The number of hydrogen-bond acceptors (Lipinski definition) is 3. The molecule has 0 N–H and O–H groups in total. The van der Waals surface area contributed by atoms with E-state index < -0.39 is 5.41 Å². The molecule has 1 saturated carbocycles. The van der Waals surface area contributed by atoms with Crippen LogP contribution in [-0.2, 0) is 14.3 Å². The van der Waals surface area contributed by atoms with E-state index in [9.17, 15) is 9.59 Å². The summed E-state index contributed by atoms with van der Waals surface area (Å²) >= 11 is 0. The summed E-state index contributed by atoms with van der Waals surface area (Å²) in [5.74, 6) is 0.143. The molecule has 3 rings (SSSR count). The number of rotatable bonds is 0. The summed E-state index contributed by atoms with van der Waals surface area (Å²) in [7, 11) is 0. The molecule has 0 aromatic carbocycles. The third-order valence-electron chi connectivity index (χ3n) is 4.50. The van der Waals surface area contributed by atoms with Gasteiger partial charge in [-0.3, -0.25) is 9.59 Å². The monoisotopic (exact) mass is 232 g/mol. The molecular weight excluding hydrogens is 216 g/mol. The minimum Gasteiger partial charge on any atom is -0.465 e. The van der Waals surface area contributed by atoms with Crippen LogP contribution in [0, 0.1) is 11.3 Å². The Labute approximate surface area is 101 Å². The Kier molecular flexibility index (Phi) is 2.25. The molecule has 2 fully saturated rings. The number of hydrogen-bond donors (Lipinski definition) is 0. The fraction of sp³-hybridized carbons (Fsp3) is 0.571. The Hall–Kier alpha value is -1.38. The first-order valence-corrected chi connectivity index (χ1v) is 6.25. The molecule has 0 amide bonds. The van der Waals surface area contributed by atoms with Crippen LogP contribution in [0.1, 0.15) is 32.6 Å². The SMILES string of the molecule is CC1=CC=C2C(=O)CCC[C@@H]2[C@]12CCOC2=O. The molecule has 2 atom stereocenters. The molecule has 0 radical (unpaired) electrons. The van der Waals surface area contributed by atoms with Crippen molar-refractivity contribution in [2.24, 2.45) is 11.3 Å². The van der Waals surface area contributed by atoms with Crippen LogP contribution in [0.2, 0.25) is 0 Å². The molecule has 0 aromatic heterocycles. The lowest BCUT2D eigenvalue weighted by Gasteiger charge is -2.40. The molecule has 1 spiro atoms. The largest absolute Gasteiger partial charge is 0.465 e. The zero-order valence-corrected chi connectivity index (χ0v) is 9.99. The van der Waals surface area contributed by atoms with E-state index in [0.717, 1.165) is 30.4 Å². The van der Waals surface area contributed by atoms with E-state index in [1.54, 1.807) is 0 Å². The molecule has 3 nitrogen and oxygen atoms in total. The molecule has 90 valence electrons. The number of Topliss-reactive ketones (excluding diaryl/α,β-unsaturated/α-hetero) is 1. The molecule has 0 aromatic rings. The van der Waals surface area contributed by atoms with Crippen molar-refractivity contribution < 1.29 is 14.3 Å². The highest BCUT2D eigenvalue weighted by Gasteiger charge is 2.55. The van der Waals surface area contributed by atoms with Gasteiger partial charge in [0.25, 0.3) is 0 Å². The number of ether oxygens (including phenoxy) is 1. The molecule has 3 heteroatoms. The minimum absolute atomic E-state index is 0.0590. The maximum atomic E-state index is 12.1. The first-order valence-electron chi connectivity index (χ1n) is 6.25. The van der Waals surface area contributed by atoms with Gasteiger partial charge in [0.05, 0.1) is 12.0 Å². The number of cyclic esters (lactones) is 1. The number of allylic oxidation sites excluding steroid dienone is 3. The predicted octanol–water partition coefficient (Wildman–Crippen LogP) is 2.18. The molecule has 0 bridgehead atoms. The second-order valence-electron chi connectivity index (χ2n) is 5.20. The summed E-state index contributed by atoms with van der Waals surface area (Å²) in [6, 6.07) is 0. The molecule has 3 aliphatic rings. The van der Waals surface area contributed by atoms with Gasteiger partial charge < -0.3 is 4.74 Å².